The van der Waals surface area contributed by atoms with Crippen molar-refractivity contribution in [1.29, 1.82) is 0 Å². The molecule has 0 fully saturated rings. The van der Waals surface area contributed by atoms with Gasteiger partial charge in [-0.2, -0.15) is 0 Å². The molecule has 0 spiro atoms. The summed E-state index contributed by atoms with van der Waals surface area (Å²) >= 11 is 0. The Morgan fingerprint density at radius 1 is 0.579 bits per heavy atom. The molecule has 0 atom stereocenters. The maximum atomic E-state index is 12.3. The Balaban J connectivity index is 1.81. The minimum atomic E-state index is -0.876. The van der Waals surface area contributed by atoms with Gasteiger partial charge in [0.1, 0.15) is 13.2 Å². The number of amides is 2. The van der Waals surface area contributed by atoms with Crippen LogP contribution in [-0.4, -0.2) is 86.0 Å². The third-order valence-electron chi connectivity index (χ3n) is 6.03. The molecule has 0 radical (unpaired) electrons. The standard InChI is InChI=1S/C28H38N4O6/c1-5-31(6-2)17-19-37-27(35)21-9-13-23(14-10-21)29-25(33)26(34)30-24-15-11-22(12-16-24)28(36)38-20-18-32(7-3)8-4/h9-16H,5-8,17-20H2,1-4H3,(H,29,33)(H,30,34). The summed E-state index contributed by atoms with van der Waals surface area (Å²) in [6.45, 7) is 13.6. The normalized spacial score (nSPS) is 10.8. The summed E-state index contributed by atoms with van der Waals surface area (Å²) in [6, 6.07) is 12.2. The van der Waals surface area contributed by atoms with E-state index in [1.807, 2.05) is 27.7 Å². The molecule has 0 bridgehead atoms. The van der Waals surface area contributed by atoms with Gasteiger partial charge in [0, 0.05) is 24.5 Å². The second-order valence-corrected chi connectivity index (χ2v) is 8.39. The molecule has 2 N–H and O–H groups in total. The molecule has 0 aliphatic carbocycles. The van der Waals surface area contributed by atoms with Crippen LogP contribution in [0.3, 0.4) is 0 Å². The zero-order chi connectivity index (χ0) is 27.9. The highest BCUT2D eigenvalue weighted by atomic mass is 16.5. The van der Waals surface area contributed by atoms with Crippen LogP contribution in [0.25, 0.3) is 0 Å². The van der Waals surface area contributed by atoms with Crippen LogP contribution in [0.1, 0.15) is 48.4 Å². The van der Waals surface area contributed by atoms with Crippen molar-refractivity contribution < 1.29 is 28.7 Å². The number of hydrogen-bond acceptors (Lipinski definition) is 8. The summed E-state index contributed by atoms with van der Waals surface area (Å²) in [5.74, 6) is -2.66. The van der Waals surface area contributed by atoms with Crippen LogP contribution >= 0.6 is 0 Å². The molecule has 0 saturated heterocycles. The lowest BCUT2D eigenvalue weighted by molar-refractivity contribution is -0.132. The zero-order valence-electron chi connectivity index (χ0n) is 22.6. The van der Waals surface area contributed by atoms with Gasteiger partial charge in [0.25, 0.3) is 0 Å². The SMILES string of the molecule is CCN(CC)CCOC(=O)c1ccc(NC(=O)C(=O)Nc2ccc(C(=O)OCCN(CC)CC)cc2)cc1. The lowest BCUT2D eigenvalue weighted by Crippen LogP contribution is -2.29. The largest absolute Gasteiger partial charge is 0.461 e. The van der Waals surface area contributed by atoms with Gasteiger partial charge >= 0.3 is 23.8 Å². The van der Waals surface area contributed by atoms with Gasteiger partial charge in [-0.25, -0.2) is 9.59 Å². The van der Waals surface area contributed by atoms with E-state index in [-0.39, 0.29) is 13.2 Å². The Morgan fingerprint density at radius 2 is 0.895 bits per heavy atom. The molecule has 206 valence electrons. The molecule has 0 aliphatic heterocycles. The van der Waals surface area contributed by atoms with Crippen molar-refractivity contribution in [3.05, 3.63) is 59.7 Å². The molecule has 38 heavy (non-hydrogen) atoms. The first kappa shape index (κ1) is 30.5. The first-order chi connectivity index (χ1) is 18.3. The van der Waals surface area contributed by atoms with Crippen LogP contribution in [-0.2, 0) is 19.1 Å². The number of ether oxygens (including phenoxy) is 2. The summed E-state index contributed by atoms with van der Waals surface area (Å²) < 4.78 is 10.6. The lowest BCUT2D eigenvalue weighted by Gasteiger charge is -2.17. The van der Waals surface area contributed by atoms with Gasteiger partial charge in [-0.1, -0.05) is 27.7 Å². The maximum Gasteiger partial charge on any atom is 0.338 e. The zero-order valence-corrected chi connectivity index (χ0v) is 22.6. The van der Waals surface area contributed by atoms with Crippen LogP contribution < -0.4 is 10.6 Å². The van der Waals surface area contributed by atoms with Gasteiger partial charge in [-0.05, 0) is 74.7 Å². The number of hydrogen-bond donors (Lipinski definition) is 2. The van der Waals surface area contributed by atoms with Gasteiger partial charge in [-0.15, -0.1) is 0 Å². The highest BCUT2D eigenvalue weighted by Crippen LogP contribution is 2.13. The number of rotatable bonds is 14. The molecule has 10 nitrogen and oxygen atoms in total. The van der Waals surface area contributed by atoms with E-state index in [1.54, 1.807) is 0 Å². The van der Waals surface area contributed by atoms with Crippen LogP contribution in [0, 0.1) is 0 Å². The smallest absolute Gasteiger partial charge is 0.338 e. The first-order valence-corrected chi connectivity index (χ1v) is 12.9. The van der Waals surface area contributed by atoms with Crippen LogP contribution in [0.5, 0.6) is 0 Å². The van der Waals surface area contributed by atoms with E-state index in [2.05, 4.69) is 20.4 Å². The predicted molar refractivity (Wildman–Crippen MR) is 146 cm³/mol. The minimum Gasteiger partial charge on any atom is -0.461 e. The monoisotopic (exact) mass is 526 g/mol. The summed E-state index contributed by atoms with van der Waals surface area (Å²) in [5.41, 5.74) is 1.40. The van der Waals surface area contributed by atoms with Crippen molar-refractivity contribution in [3.8, 4) is 0 Å². The van der Waals surface area contributed by atoms with E-state index in [0.717, 1.165) is 26.2 Å². The van der Waals surface area contributed by atoms with Crippen LogP contribution in [0.4, 0.5) is 11.4 Å². The molecular weight excluding hydrogens is 488 g/mol. The third kappa shape index (κ3) is 9.95. The van der Waals surface area contributed by atoms with Crippen molar-refractivity contribution in [2.75, 3.05) is 63.1 Å². The maximum absolute atomic E-state index is 12.3. The fourth-order valence-electron chi connectivity index (χ4n) is 3.54. The topological polar surface area (TPSA) is 117 Å². The lowest BCUT2D eigenvalue weighted by atomic mass is 10.2. The average Bonchev–Trinajstić information content (AvgIpc) is 2.94. The summed E-state index contributed by atoms with van der Waals surface area (Å²) in [7, 11) is 0. The third-order valence-corrected chi connectivity index (χ3v) is 6.03. The van der Waals surface area contributed by atoms with E-state index in [9.17, 15) is 19.2 Å². The highest BCUT2D eigenvalue weighted by Gasteiger charge is 2.16. The molecule has 2 amide bonds. The van der Waals surface area contributed by atoms with Crippen LogP contribution in [0.15, 0.2) is 48.5 Å². The van der Waals surface area contributed by atoms with Crippen molar-refractivity contribution in [2.45, 2.75) is 27.7 Å². The number of benzene rings is 2. The quantitative estimate of drug-likeness (QED) is 0.285. The van der Waals surface area contributed by atoms with E-state index in [1.165, 1.54) is 48.5 Å². The Morgan fingerprint density at radius 3 is 1.18 bits per heavy atom. The Kier molecular flexibility index (Phi) is 13.0. The van der Waals surface area contributed by atoms with E-state index < -0.39 is 23.8 Å². The van der Waals surface area contributed by atoms with E-state index in [0.29, 0.717) is 35.6 Å². The highest BCUT2D eigenvalue weighted by molar-refractivity contribution is 6.43. The number of likely N-dealkylation sites (N-methyl/N-ethyl adjacent to an activating group) is 2. The molecule has 2 aromatic carbocycles. The summed E-state index contributed by atoms with van der Waals surface area (Å²) in [5, 5.41) is 4.97. The van der Waals surface area contributed by atoms with Crippen molar-refractivity contribution >= 4 is 35.1 Å². The van der Waals surface area contributed by atoms with Gasteiger partial charge < -0.3 is 29.9 Å². The van der Waals surface area contributed by atoms with Gasteiger partial charge in [0.15, 0.2) is 0 Å². The summed E-state index contributed by atoms with van der Waals surface area (Å²) in [6.07, 6.45) is 0. The molecule has 2 aromatic rings. The molecule has 10 heteroatoms. The first-order valence-electron chi connectivity index (χ1n) is 12.9. The summed E-state index contributed by atoms with van der Waals surface area (Å²) in [4.78, 5) is 53.3. The fraction of sp³-hybridized carbons (Fsp3) is 0.429. The Hall–Kier alpha value is -3.76. The van der Waals surface area contributed by atoms with Gasteiger partial charge in [0.05, 0.1) is 11.1 Å². The van der Waals surface area contributed by atoms with Crippen molar-refractivity contribution in [1.82, 2.24) is 9.80 Å². The molecule has 0 aromatic heterocycles. The van der Waals surface area contributed by atoms with Crippen molar-refractivity contribution in [2.24, 2.45) is 0 Å². The number of nitrogens with one attached hydrogen (secondary N) is 2. The molecule has 0 aliphatic rings. The fourth-order valence-corrected chi connectivity index (χ4v) is 3.54. The Labute approximate surface area is 224 Å². The van der Waals surface area contributed by atoms with Gasteiger partial charge in [-0.3, -0.25) is 9.59 Å². The number of carbonyl (C=O) groups is 4. The minimum absolute atomic E-state index is 0.290. The average molecular weight is 527 g/mol. The van der Waals surface area contributed by atoms with E-state index >= 15 is 0 Å². The van der Waals surface area contributed by atoms with E-state index in [4.69, 9.17) is 9.47 Å². The van der Waals surface area contributed by atoms with Gasteiger partial charge in [0.2, 0.25) is 0 Å². The molecule has 0 heterocycles. The predicted octanol–water partition coefficient (Wildman–Crippen LogP) is 3.26. The van der Waals surface area contributed by atoms with Crippen molar-refractivity contribution in [3.63, 3.8) is 0 Å². The Bertz CT molecular complexity index is 963. The number of esters is 2. The van der Waals surface area contributed by atoms with Crippen LogP contribution in [0.2, 0.25) is 0 Å². The second kappa shape index (κ2) is 16.2. The number of anilines is 2. The number of nitrogens with zero attached hydrogens (tertiary/aromatic N) is 2. The second-order valence-electron chi connectivity index (χ2n) is 8.39. The molecular formula is C28H38N4O6. The number of carbonyl (C=O) groups excluding carboxylic acids is 4. The molecule has 0 unspecified atom stereocenters. The molecule has 2 rings (SSSR count). The molecule has 0 saturated carbocycles.